The number of benzene rings is 4. The number of aromatic hydroxyl groups is 1. The van der Waals surface area contributed by atoms with Crippen molar-refractivity contribution in [2.24, 2.45) is 11.7 Å². The van der Waals surface area contributed by atoms with Crippen molar-refractivity contribution in [3.05, 3.63) is 156 Å². The lowest BCUT2D eigenvalue weighted by molar-refractivity contribution is -0.141. The van der Waals surface area contributed by atoms with Crippen LogP contribution in [0.5, 0.6) is 5.75 Å². The number of aliphatic hydroxyl groups excluding tert-OH is 1. The van der Waals surface area contributed by atoms with Gasteiger partial charge in [-0.1, -0.05) is 92.7 Å². The largest absolute Gasteiger partial charge is 0.508 e. The highest BCUT2D eigenvalue weighted by Crippen LogP contribution is 2.22. The Labute approximate surface area is 630 Å². The number of para-hydroxylation sites is 2. The molecule has 0 aliphatic carbocycles. The molecule has 0 aliphatic heterocycles. The number of aromatic nitrogens is 4. The predicted molar refractivity (Wildman–Crippen MR) is 400 cm³/mol. The second-order valence-electron chi connectivity index (χ2n) is 26.0. The van der Waals surface area contributed by atoms with Crippen molar-refractivity contribution in [2.45, 2.75) is 146 Å². The molecule has 7 aromatic rings. The molecule has 0 saturated carbocycles. The van der Waals surface area contributed by atoms with Crippen LogP contribution in [0.1, 0.15) is 69.0 Å². The van der Waals surface area contributed by atoms with Crippen LogP contribution in [0.2, 0.25) is 0 Å². The molecular weight excluding hydrogens is 1440 g/mol. The molecule has 34 nitrogen and oxygen atoms in total. The maximum atomic E-state index is 15.2. The molecule has 0 spiro atoms. The third-order valence-corrected chi connectivity index (χ3v) is 17.9. The number of carboxylic acids is 1. The van der Waals surface area contributed by atoms with Gasteiger partial charge in [-0.25, -0.2) is 4.98 Å². The summed E-state index contributed by atoms with van der Waals surface area (Å²) in [5.41, 5.74) is 8.81. The number of aliphatic carboxylic acids is 1. The Morgan fingerprint density at radius 3 is 1.36 bits per heavy atom. The lowest BCUT2D eigenvalue weighted by Gasteiger charge is -2.29. The number of imidazole rings is 1. The number of carbonyl (C=O) groups is 14. The fourth-order valence-electron chi connectivity index (χ4n) is 11.5. The standard InChI is InChI=1S/C72H89N17O17S2/c1-36(2)60(88-67(101)53(26-43-30-76-49-18-12-10-16-47(43)49)84-66(100)55(28-59(94)95)81-62(96)37(3)79-69(103)56(33-107)80-39(5)91)71(105)87-57(34-108)70(104)82-51(24-41-19-21-45(92)22-20-41)64(98)83-52(25-42-29-75-48-17-11-9-15-46(42)48)65(99)85-54(27-44-31-74-35-78-44)68(102)89-61(38(4)90)72(106)86-50(63(97)77-32-58(73)93)23-40-13-7-6-8-14-40/h6-22,29-31,35-38,50-57,60-61,75-76,90,92,107-108H,23-28,32-34H2,1-5H3,(H2,73,93)(H,74,78)(H,77,97)(H,79,103)(H,80,91)(H,81,96)(H,82,104)(H,83,98)(H,84,100)(H,85,99)(H,86,106)(H,87,105)(H,88,101)(H,89,102)(H,94,95)/t37-,38+,50-,51-,52-,53-,54-,55-,56-,57-,60-,61-/m0/s1. The minimum atomic E-state index is -1.86. The number of aliphatic hydroxyl groups is 1. The van der Waals surface area contributed by atoms with Crippen molar-refractivity contribution in [1.29, 1.82) is 0 Å². The van der Waals surface area contributed by atoms with E-state index >= 15 is 9.59 Å². The van der Waals surface area contributed by atoms with Crippen LogP contribution >= 0.6 is 25.3 Å². The van der Waals surface area contributed by atoms with E-state index in [1.807, 2.05) is 0 Å². The summed E-state index contributed by atoms with van der Waals surface area (Å²) in [7, 11) is 0. The molecule has 36 heteroatoms. The topological polar surface area (TPSA) is 530 Å². The van der Waals surface area contributed by atoms with Crippen molar-refractivity contribution in [2.75, 3.05) is 18.1 Å². The van der Waals surface area contributed by atoms with Gasteiger partial charge in [0.1, 0.15) is 72.2 Å². The predicted octanol–water partition coefficient (Wildman–Crippen LogP) is -2.06. The summed E-state index contributed by atoms with van der Waals surface area (Å²) in [5.74, 6) is -15.3. The molecule has 0 bridgehead atoms. The molecule has 0 saturated heterocycles. The maximum absolute atomic E-state index is 15.2. The number of amides is 13. The average Bonchev–Trinajstić information content (AvgIpc) is 1.69. The van der Waals surface area contributed by atoms with Crippen LogP contribution in [0.25, 0.3) is 21.8 Å². The molecule has 20 N–H and O–H groups in total. The highest BCUT2D eigenvalue weighted by Gasteiger charge is 2.39. The van der Waals surface area contributed by atoms with Gasteiger partial charge >= 0.3 is 5.97 Å². The van der Waals surface area contributed by atoms with E-state index in [2.05, 4.69) is 109 Å². The smallest absolute Gasteiger partial charge is 0.305 e. The normalized spacial score (nSPS) is 14.5. The lowest BCUT2D eigenvalue weighted by Crippen LogP contribution is -2.62. The van der Waals surface area contributed by atoms with Gasteiger partial charge in [0.25, 0.3) is 0 Å². The zero-order chi connectivity index (χ0) is 78.9. The van der Waals surface area contributed by atoms with Gasteiger partial charge in [-0.15, -0.1) is 0 Å². The van der Waals surface area contributed by atoms with E-state index in [1.165, 1.54) is 57.6 Å². The van der Waals surface area contributed by atoms with Gasteiger partial charge in [-0.3, -0.25) is 67.1 Å². The third kappa shape index (κ3) is 24.7. The summed E-state index contributed by atoms with van der Waals surface area (Å²) in [5, 5.41) is 62.8. The van der Waals surface area contributed by atoms with Crippen LogP contribution in [0.4, 0.5) is 0 Å². The number of hydrogen-bond acceptors (Lipinski definition) is 19. The minimum Gasteiger partial charge on any atom is -0.508 e. The number of fused-ring (bicyclic) bond motifs is 2. The summed E-state index contributed by atoms with van der Waals surface area (Å²) in [6.45, 7) is 6.15. The first-order valence-corrected chi connectivity index (χ1v) is 35.6. The number of rotatable bonds is 40. The summed E-state index contributed by atoms with van der Waals surface area (Å²) in [6.07, 6.45) is 1.89. The first-order chi connectivity index (χ1) is 51.4. The van der Waals surface area contributed by atoms with Crippen molar-refractivity contribution in [1.82, 2.24) is 83.7 Å². The van der Waals surface area contributed by atoms with Gasteiger partial charge in [0, 0.05) is 96.6 Å². The number of phenolic OH excluding ortho intramolecular Hbond substituents is 1. The third-order valence-electron chi connectivity index (χ3n) is 17.2. The zero-order valence-electron chi connectivity index (χ0n) is 59.5. The minimum absolute atomic E-state index is 0.1000. The molecule has 0 fully saturated rings. The highest BCUT2D eigenvalue weighted by atomic mass is 32.1. The second kappa shape index (κ2) is 40.1. The summed E-state index contributed by atoms with van der Waals surface area (Å²) in [4.78, 5) is 206. The van der Waals surface area contributed by atoms with Gasteiger partial charge in [-0.05, 0) is 66.3 Å². The number of nitrogens with one attached hydrogen (secondary N) is 15. The van der Waals surface area contributed by atoms with E-state index in [4.69, 9.17) is 5.73 Å². The molecule has 0 unspecified atom stereocenters. The van der Waals surface area contributed by atoms with Crippen LogP contribution in [0, 0.1) is 5.92 Å². The van der Waals surface area contributed by atoms with Crippen molar-refractivity contribution < 1.29 is 82.4 Å². The fourth-order valence-corrected chi connectivity index (χ4v) is 12.0. The van der Waals surface area contributed by atoms with E-state index < -0.39 is 180 Å². The molecule has 7 rings (SSSR count). The quantitative estimate of drug-likeness (QED) is 0.0184. The number of nitrogens with two attached hydrogens (primary N) is 1. The molecule has 4 aromatic carbocycles. The van der Waals surface area contributed by atoms with E-state index in [9.17, 15) is 72.9 Å². The van der Waals surface area contributed by atoms with Gasteiger partial charge < -0.3 is 99.8 Å². The highest BCUT2D eigenvalue weighted by molar-refractivity contribution is 7.80. The molecular formula is C72H89N17O17S2. The zero-order valence-corrected chi connectivity index (χ0v) is 61.3. The molecule has 576 valence electrons. The Morgan fingerprint density at radius 1 is 0.454 bits per heavy atom. The first kappa shape index (κ1) is 83.5. The number of nitrogens with zero attached hydrogens (tertiary/aromatic N) is 1. The number of primary amides is 1. The SMILES string of the molecule is CC(=O)N[C@@H](CS)C(=O)N[C@@H](C)C(=O)N[C@@H](CC(=O)O)C(=O)N[C@@H](Cc1c[nH]c2ccccc12)C(=O)N[C@H](C(=O)N[C@@H](CS)C(=O)N[C@@H](Cc1ccc(O)cc1)C(=O)N[C@@H](Cc1c[nH]c2ccccc12)C(=O)N[C@@H](Cc1cnc[nH]1)C(=O)N[C@H](C(=O)N[C@@H](Cc1ccccc1)C(=O)NCC(N)=O)[C@@H](C)O)C(C)C. The summed E-state index contributed by atoms with van der Waals surface area (Å²) < 4.78 is 0. The molecule has 108 heavy (non-hydrogen) atoms. The summed E-state index contributed by atoms with van der Waals surface area (Å²) in [6, 6.07) is 10.9. The Balaban J connectivity index is 1.13. The van der Waals surface area contributed by atoms with Crippen molar-refractivity contribution in [3.63, 3.8) is 0 Å². The lowest BCUT2D eigenvalue weighted by atomic mass is 9.99. The molecule has 0 aliphatic rings. The Kier molecular flexibility index (Phi) is 31.0. The Bertz CT molecular complexity index is 4350. The van der Waals surface area contributed by atoms with Crippen LogP contribution in [-0.2, 0) is 99.2 Å². The number of aromatic amines is 3. The number of thiol groups is 2. The van der Waals surface area contributed by atoms with Gasteiger partial charge in [0.05, 0.1) is 25.4 Å². The Morgan fingerprint density at radius 2 is 0.870 bits per heavy atom. The number of carboxylic acid groups (broad SMARTS) is 1. The van der Waals surface area contributed by atoms with Crippen LogP contribution in [0.3, 0.4) is 0 Å². The number of phenols is 1. The van der Waals surface area contributed by atoms with E-state index in [0.717, 1.165) is 0 Å². The van der Waals surface area contributed by atoms with E-state index in [1.54, 1.807) is 105 Å². The summed E-state index contributed by atoms with van der Waals surface area (Å²) >= 11 is 8.47. The van der Waals surface area contributed by atoms with Crippen LogP contribution in [-0.4, -0.2) is 209 Å². The molecule has 0 radical (unpaired) electrons. The van der Waals surface area contributed by atoms with E-state index in [0.29, 0.717) is 49.8 Å². The van der Waals surface area contributed by atoms with Gasteiger partial charge in [-0.2, -0.15) is 25.3 Å². The van der Waals surface area contributed by atoms with E-state index in [-0.39, 0.29) is 43.6 Å². The van der Waals surface area contributed by atoms with Crippen molar-refractivity contribution in [3.8, 4) is 5.75 Å². The Hall–Kier alpha value is -11.8. The number of carbonyl (C=O) groups excluding carboxylic acids is 13. The molecule has 12 atom stereocenters. The van der Waals surface area contributed by atoms with Crippen molar-refractivity contribution >= 4 is 130 Å². The second-order valence-corrected chi connectivity index (χ2v) is 26.7. The van der Waals surface area contributed by atoms with Crippen LogP contribution < -0.4 is 69.5 Å². The van der Waals surface area contributed by atoms with Gasteiger partial charge in [0.15, 0.2) is 0 Å². The fraction of sp³-hybridized carbons (Fsp3) is 0.375. The average molecular weight is 1530 g/mol. The first-order valence-electron chi connectivity index (χ1n) is 34.3. The number of hydrogen-bond donors (Lipinski definition) is 21. The molecule has 13 amide bonds. The monoisotopic (exact) mass is 1530 g/mol. The molecule has 3 heterocycles. The maximum Gasteiger partial charge on any atom is 0.305 e. The molecule has 3 aromatic heterocycles. The van der Waals surface area contributed by atoms with Gasteiger partial charge in [0.2, 0.25) is 76.8 Å². The van der Waals surface area contributed by atoms with Crippen LogP contribution in [0.15, 0.2) is 128 Å². The number of H-pyrrole nitrogens is 3.